The highest BCUT2D eigenvalue weighted by molar-refractivity contribution is 5.23. The summed E-state index contributed by atoms with van der Waals surface area (Å²) in [6.45, 7) is 12.6. The molecule has 0 aromatic heterocycles. The van der Waals surface area contributed by atoms with Gasteiger partial charge in [-0.2, -0.15) is 0 Å². The Balaban J connectivity index is 2.66. The molecule has 1 aromatic carbocycles. The van der Waals surface area contributed by atoms with Crippen LogP contribution in [0.3, 0.4) is 0 Å². The Labute approximate surface area is 119 Å². The Bertz CT molecular complexity index is 339. The summed E-state index contributed by atoms with van der Waals surface area (Å²) in [5.74, 6) is 1.42. The molecule has 1 aromatic rings. The maximum atomic E-state index is 3.66. The Hall–Kier alpha value is -0.820. The Morgan fingerprint density at radius 3 is 2.00 bits per heavy atom. The van der Waals surface area contributed by atoms with Crippen LogP contribution >= 0.6 is 0 Å². The van der Waals surface area contributed by atoms with Crippen LogP contribution < -0.4 is 5.32 Å². The molecule has 2 unspecified atom stereocenters. The lowest BCUT2D eigenvalue weighted by atomic mass is 9.83. The van der Waals surface area contributed by atoms with Crippen LogP contribution in [0.5, 0.6) is 0 Å². The monoisotopic (exact) mass is 261 g/mol. The molecule has 0 aliphatic heterocycles. The predicted octanol–water partition coefficient (Wildman–Crippen LogP) is 4.45. The van der Waals surface area contributed by atoms with E-state index in [1.54, 1.807) is 0 Å². The van der Waals surface area contributed by atoms with Crippen molar-refractivity contribution in [2.45, 2.75) is 59.9 Å². The van der Waals surface area contributed by atoms with E-state index in [-0.39, 0.29) is 0 Å². The summed E-state index contributed by atoms with van der Waals surface area (Å²) >= 11 is 0. The summed E-state index contributed by atoms with van der Waals surface area (Å²) in [7, 11) is 0. The molecular formula is C18H31N. The van der Waals surface area contributed by atoms with Crippen molar-refractivity contribution < 1.29 is 0 Å². The van der Waals surface area contributed by atoms with E-state index in [0.29, 0.717) is 17.9 Å². The van der Waals surface area contributed by atoms with Crippen molar-refractivity contribution in [3.63, 3.8) is 0 Å². The minimum absolute atomic E-state index is 0.589. The first kappa shape index (κ1) is 16.2. The van der Waals surface area contributed by atoms with Gasteiger partial charge in [-0.1, -0.05) is 52.0 Å². The Morgan fingerprint density at radius 2 is 1.53 bits per heavy atom. The zero-order valence-electron chi connectivity index (χ0n) is 13.4. The van der Waals surface area contributed by atoms with Gasteiger partial charge in [0, 0.05) is 6.04 Å². The lowest BCUT2D eigenvalue weighted by Crippen LogP contribution is -2.37. The standard InChI is InChI=1S/C18H31N/c1-6-12-19-15(5)18(14(3)4)13-17-10-8-16(7-2)9-11-17/h8-11,14-15,18-19H,6-7,12-13H2,1-5H3. The molecule has 1 rings (SSSR count). The van der Waals surface area contributed by atoms with Crippen LogP contribution in [0.15, 0.2) is 24.3 Å². The van der Waals surface area contributed by atoms with Crippen LogP contribution in [0.25, 0.3) is 0 Å². The van der Waals surface area contributed by atoms with E-state index in [0.717, 1.165) is 13.0 Å². The number of rotatable bonds is 8. The third-order valence-electron chi connectivity index (χ3n) is 4.12. The van der Waals surface area contributed by atoms with Gasteiger partial charge >= 0.3 is 0 Å². The zero-order chi connectivity index (χ0) is 14.3. The highest BCUT2D eigenvalue weighted by Gasteiger charge is 2.20. The van der Waals surface area contributed by atoms with Crippen molar-refractivity contribution in [2.75, 3.05) is 6.54 Å². The molecule has 19 heavy (non-hydrogen) atoms. The second kappa shape index (κ2) is 8.37. The third kappa shape index (κ3) is 5.36. The predicted molar refractivity (Wildman–Crippen MR) is 85.6 cm³/mol. The van der Waals surface area contributed by atoms with Gasteiger partial charge in [-0.15, -0.1) is 0 Å². The van der Waals surface area contributed by atoms with Crippen LogP contribution in [-0.2, 0) is 12.8 Å². The minimum Gasteiger partial charge on any atom is -0.314 e. The summed E-state index contributed by atoms with van der Waals surface area (Å²) in [5, 5.41) is 3.66. The number of benzene rings is 1. The molecule has 0 aliphatic carbocycles. The molecule has 0 bridgehead atoms. The molecule has 0 amide bonds. The van der Waals surface area contributed by atoms with Crippen LogP contribution in [-0.4, -0.2) is 12.6 Å². The molecule has 0 spiro atoms. The van der Waals surface area contributed by atoms with Crippen LogP contribution in [0.4, 0.5) is 0 Å². The first-order valence-corrected chi connectivity index (χ1v) is 7.89. The van der Waals surface area contributed by atoms with Crippen molar-refractivity contribution in [3.8, 4) is 0 Å². The smallest absolute Gasteiger partial charge is 0.00726 e. The molecule has 1 heteroatoms. The normalized spacial score (nSPS) is 14.6. The first-order valence-electron chi connectivity index (χ1n) is 7.89. The average Bonchev–Trinajstić information content (AvgIpc) is 2.42. The Kier molecular flexibility index (Phi) is 7.15. The molecule has 108 valence electrons. The quantitative estimate of drug-likeness (QED) is 0.729. The highest BCUT2D eigenvalue weighted by Crippen LogP contribution is 2.21. The minimum atomic E-state index is 0.589. The lowest BCUT2D eigenvalue weighted by Gasteiger charge is -2.28. The number of hydrogen-bond donors (Lipinski definition) is 1. The number of aryl methyl sites for hydroxylation is 1. The Morgan fingerprint density at radius 1 is 0.947 bits per heavy atom. The van der Waals surface area contributed by atoms with Crippen LogP contribution in [0.1, 0.15) is 52.2 Å². The van der Waals surface area contributed by atoms with E-state index in [1.807, 2.05) is 0 Å². The van der Waals surface area contributed by atoms with E-state index in [2.05, 4.69) is 64.2 Å². The second-order valence-corrected chi connectivity index (χ2v) is 6.02. The molecule has 0 saturated carbocycles. The number of nitrogens with one attached hydrogen (secondary N) is 1. The van der Waals surface area contributed by atoms with Gasteiger partial charge in [-0.3, -0.25) is 0 Å². The van der Waals surface area contributed by atoms with Gasteiger partial charge in [0.05, 0.1) is 0 Å². The largest absolute Gasteiger partial charge is 0.314 e. The topological polar surface area (TPSA) is 12.0 Å². The maximum absolute atomic E-state index is 3.66. The fraction of sp³-hybridized carbons (Fsp3) is 0.667. The molecule has 0 saturated heterocycles. The summed E-state index contributed by atoms with van der Waals surface area (Å²) in [6.07, 6.45) is 3.52. The third-order valence-corrected chi connectivity index (χ3v) is 4.12. The van der Waals surface area contributed by atoms with Gasteiger partial charge in [0.15, 0.2) is 0 Å². The summed E-state index contributed by atoms with van der Waals surface area (Å²) in [5.41, 5.74) is 2.91. The van der Waals surface area contributed by atoms with E-state index < -0.39 is 0 Å². The molecular weight excluding hydrogens is 230 g/mol. The fourth-order valence-electron chi connectivity index (χ4n) is 2.70. The summed E-state index contributed by atoms with van der Waals surface area (Å²) in [6, 6.07) is 9.75. The molecule has 0 radical (unpaired) electrons. The van der Waals surface area contributed by atoms with Crippen molar-refractivity contribution in [1.29, 1.82) is 0 Å². The van der Waals surface area contributed by atoms with E-state index in [9.17, 15) is 0 Å². The fourth-order valence-corrected chi connectivity index (χ4v) is 2.70. The van der Waals surface area contributed by atoms with Crippen molar-refractivity contribution in [1.82, 2.24) is 5.32 Å². The molecule has 1 N–H and O–H groups in total. The van der Waals surface area contributed by atoms with Gasteiger partial charge in [0.1, 0.15) is 0 Å². The summed E-state index contributed by atoms with van der Waals surface area (Å²) in [4.78, 5) is 0. The van der Waals surface area contributed by atoms with Gasteiger partial charge < -0.3 is 5.32 Å². The average molecular weight is 261 g/mol. The van der Waals surface area contributed by atoms with E-state index >= 15 is 0 Å². The van der Waals surface area contributed by atoms with Crippen molar-refractivity contribution >= 4 is 0 Å². The second-order valence-electron chi connectivity index (χ2n) is 6.02. The first-order chi connectivity index (χ1) is 9.08. The number of hydrogen-bond acceptors (Lipinski definition) is 1. The molecule has 0 heterocycles. The lowest BCUT2D eigenvalue weighted by molar-refractivity contribution is 0.289. The molecule has 1 nitrogen and oxygen atoms in total. The van der Waals surface area contributed by atoms with Gasteiger partial charge in [0.2, 0.25) is 0 Å². The SMILES string of the molecule is CCCNC(C)C(Cc1ccc(CC)cc1)C(C)C. The molecule has 0 aliphatic rings. The van der Waals surface area contributed by atoms with Crippen molar-refractivity contribution in [3.05, 3.63) is 35.4 Å². The van der Waals surface area contributed by atoms with Gasteiger partial charge in [0.25, 0.3) is 0 Å². The van der Waals surface area contributed by atoms with Crippen LogP contribution in [0.2, 0.25) is 0 Å². The van der Waals surface area contributed by atoms with Gasteiger partial charge in [-0.05, 0) is 55.7 Å². The van der Waals surface area contributed by atoms with Crippen molar-refractivity contribution in [2.24, 2.45) is 11.8 Å². The van der Waals surface area contributed by atoms with E-state index in [1.165, 1.54) is 24.0 Å². The molecule has 2 atom stereocenters. The highest BCUT2D eigenvalue weighted by atomic mass is 14.9. The summed E-state index contributed by atoms with van der Waals surface area (Å²) < 4.78 is 0. The van der Waals surface area contributed by atoms with Crippen LogP contribution in [0, 0.1) is 11.8 Å². The zero-order valence-corrected chi connectivity index (χ0v) is 13.4. The van der Waals surface area contributed by atoms with E-state index in [4.69, 9.17) is 0 Å². The van der Waals surface area contributed by atoms with Gasteiger partial charge in [-0.25, -0.2) is 0 Å². The maximum Gasteiger partial charge on any atom is 0.00726 e. The molecule has 0 fully saturated rings.